The summed E-state index contributed by atoms with van der Waals surface area (Å²) in [5.74, 6) is 0.141. The van der Waals surface area contributed by atoms with Crippen molar-refractivity contribution in [1.29, 1.82) is 0 Å². The molecule has 2 aliphatic rings. The standard InChI is InChI=1S/C23H30N2O2/c24-22-9-5-4-8-21(22)17-23(26-14-15-27-23)16-19-10-12-25(13-11-19)18-20-6-2-1-3-7-20/h1-9,19H,10-18,24H2. The number of rotatable bonds is 6. The molecule has 0 aromatic heterocycles. The molecule has 27 heavy (non-hydrogen) atoms. The predicted octanol–water partition coefficient (Wildman–Crippen LogP) is 3.86. The number of ether oxygens (including phenoxy) is 2. The van der Waals surface area contributed by atoms with Crippen LogP contribution in [-0.2, 0) is 22.4 Å². The van der Waals surface area contributed by atoms with Gasteiger partial charge in [-0.25, -0.2) is 0 Å². The molecule has 2 heterocycles. The summed E-state index contributed by atoms with van der Waals surface area (Å²) in [5, 5.41) is 0. The molecule has 2 saturated heterocycles. The van der Waals surface area contributed by atoms with Crippen LogP contribution in [0.4, 0.5) is 5.69 Å². The summed E-state index contributed by atoms with van der Waals surface area (Å²) in [6.07, 6.45) is 4.10. The first-order chi connectivity index (χ1) is 13.2. The largest absolute Gasteiger partial charge is 0.399 e. The van der Waals surface area contributed by atoms with E-state index in [9.17, 15) is 0 Å². The van der Waals surface area contributed by atoms with Crippen LogP contribution in [0.1, 0.15) is 30.4 Å². The Morgan fingerprint density at radius 3 is 2.30 bits per heavy atom. The number of nitrogens with zero attached hydrogens (tertiary/aromatic N) is 1. The van der Waals surface area contributed by atoms with E-state index in [4.69, 9.17) is 15.2 Å². The zero-order valence-electron chi connectivity index (χ0n) is 16.0. The molecule has 0 radical (unpaired) electrons. The summed E-state index contributed by atoms with van der Waals surface area (Å²) < 4.78 is 12.3. The van der Waals surface area contributed by atoms with Crippen LogP contribution in [0.3, 0.4) is 0 Å². The van der Waals surface area contributed by atoms with Gasteiger partial charge in [-0.15, -0.1) is 0 Å². The summed E-state index contributed by atoms with van der Waals surface area (Å²) in [6.45, 7) is 4.69. The van der Waals surface area contributed by atoms with Crippen molar-refractivity contribution in [3.63, 3.8) is 0 Å². The van der Waals surface area contributed by atoms with Crippen molar-refractivity contribution in [2.24, 2.45) is 5.92 Å². The normalized spacial score (nSPS) is 20.7. The minimum Gasteiger partial charge on any atom is -0.399 e. The third kappa shape index (κ3) is 4.70. The second kappa shape index (κ2) is 8.42. The molecule has 2 aliphatic heterocycles. The Balaban J connectivity index is 1.34. The molecule has 2 aromatic carbocycles. The Morgan fingerprint density at radius 2 is 1.59 bits per heavy atom. The number of nitrogen functional groups attached to an aromatic ring is 1. The van der Waals surface area contributed by atoms with Gasteiger partial charge < -0.3 is 15.2 Å². The molecule has 4 nitrogen and oxygen atoms in total. The van der Waals surface area contributed by atoms with E-state index in [0.29, 0.717) is 19.1 Å². The van der Waals surface area contributed by atoms with Gasteiger partial charge in [0.25, 0.3) is 0 Å². The number of likely N-dealkylation sites (tertiary alicyclic amines) is 1. The van der Waals surface area contributed by atoms with Gasteiger partial charge in [0.05, 0.1) is 13.2 Å². The van der Waals surface area contributed by atoms with Crippen molar-refractivity contribution >= 4 is 5.69 Å². The third-order valence-corrected chi connectivity index (χ3v) is 5.88. The van der Waals surface area contributed by atoms with Crippen LogP contribution in [0, 0.1) is 5.92 Å². The van der Waals surface area contributed by atoms with Gasteiger partial charge in [-0.3, -0.25) is 4.90 Å². The maximum atomic E-state index is 6.16. The van der Waals surface area contributed by atoms with E-state index in [1.54, 1.807) is 0 Å². The predicted molar refractivity (Wildman–Crippen MR) is 108 cm³/mol. The lowest BCUT2D eigenvalue weighted by molar-refractivity contribution is -0.171. The van der Waals surface area contributed by atoms with Crippen LogP contribution >= 0.6 is 0 Å². The molecule has 0 unspecified atom stereocenters. The van der Waals surface area contributed by atoms with Crippen molar-refractivity contribution in [1.82, 2.24) is 4.90 Å². The van der Waals surface area contributed by atoms with Gasteiger partial charge >= 0.3 is 0 Å². The van der Waals surface area contributed by atoms with Crippen molar-refractivity contribution in [2.75, 3.05) is 32.0 Å². The smallest absolute Gasteiger partial charge is 0.172 e. The van der Waals surface area contributed by atoms with Crippen LogP contribution in [0.25, 0.3) is 0 Å². The number of hydrogen-bond acceptors (Lipinski definition) is 4. The van der Waals surface area contributed by atoms with Gasteiger partial charge in [-0.1, -0.05) is 48.5 Å². The molecule has 2 aromatic rings. The lowest BCUT2D eigenvalue weighted by atomic mass is 9.87. The molecule has 0 bridgehead atoms. The number of hydrogen-bond donors (Lipinski definition) is 1. The van der Waals surface area contributed by atoms with Crippen molar-refractivity contribution in [2.45, 2.75) is 38.0 Å². The second-order valence-electron chi connectivity index (χ2n) is 7.89. The fraction of sp³-hybridized carbons (Fsp3) is 0.478. The van der Waals surface area contributed by atoms with Gasteiger partial charge in [-0.2, -0.15) is 0 Å². The summed E-state index contributed by atoms with van der Waals surface area (Å²) in [5.41, 5.74) is 9.52. The Labute approximate surface area is 162 Å². The average Bonchev–Trinajstić information content (AvgIpc) is 3.14. The Hall–Kier alpha value is -1.88. The molecule has 4 rings (SSSR count). The van der Waals surface area contributed by atoms with E-state index in [1.165, 1.54) is 18.4 Å². The lowest BCUT2D eigenvalue weighted by Crippen LogP contribution is -2.40. The van der Waals surface area contributed by atoms with Crippen LogP contribution in [0.5, 0.6) is 0 Å². The highest BCUT2D eigenvalue weighted by Gasteiger charge is 2.40. The van der Waals surface area contributed by atoms with Gasteiger partial charge in [0, 0.05) is 25.1 Å². The fourth-order valence-electron chi connectivity index (χ4n) is 4.40. The Bertz CT molecular complexity index is 720. The summed E-state index contributed by atoms with van der Waals surface area (Å²) in [7, 11) is 0. The van der Waals surface area contributed by atoms with E-state index in [0.717, 1.165) is 43.7 Å². The van der Waals surface area contributed by atoms with Crippen LogP contribution in [-0.4, -0.2) is 37.0 Å². The van der Waals surface area contributed by atoms with Crippen LogP contribution in [0.2, 0.25) is 0 Å². The molecule has 4 heteroatoms. The van der Waals surface area contributed by atoms with E-state index in [-0.39, 0.29) is 0 Å². The lowest BCUT2D eigenvalue weighted by Gasteiger charge is -2.37. The van der Waals surface area contributed by atoms with E-state index < -0.39 is 5.79 Å². The first kappa shape index (κ1) is 18.5. The molecule has 2 fully saturated rings. The molecule has 0 aliphatic carbocycles. The fourth-order valence-corrected chi connectivity index (χ4v) is 4.40. The van der Waals surface area contributed by atoms with Crippen molar-refractivity contribution in [3.05, 3.63) is 65.7 Å². The van der Waals surface area contributed by atoms with Crippen LogP contribution in [0.15, 0.2) is 54.6 Å². The van der Waals surface area contributed by atoms with Crippen molar-refractivity contribution in [3.8, 4) is 0 Å². The second-order valence-corrected chi connectivity index (χ2v) is 7.89. The maximum absolute atomic E-state index is 6.16. The van der Waals surface area contributed by atoms with Gasteiger partial charge in [0.1, 0.15) is 0 Å². The molecule has 0 atom stereocenters. The van der Waals surface area contributed by atoms with E-state index in [2.05, 4.69) is 41.3 Å². The zero-order chi connectivity index (χ0) is 18.5. The van der Waals surface area contributed by atoms with Gasteiger partial charge in [-0.05, 0) is 49.0 Å². The molecule has 2 N–H and O–H groups in total. The SMILES string of the molecule is Nc1ccccc1CC1(CC2CCN(Cc3ccccc3)CC2)OCCO1. The molecular weight excluding hydrogens is 336 g/mol. The molecule has 0 spiro atoms. The van der Waals surface area contributed by atoms with Gasteiger partial charge in [0.2, 0.25) is 0 Å². The quantitative estimate of drug-likeness (QED) is 0.789. The van der Waals surface area contributed by atoms with Crippen LogP contribution < -0.4 is 5.73 Å². The number of anilines is 1. The highest BCUT2D eigenvalue weighted by molar-refractivity contribution is 5.46. The number of benzene rings is 2. The van der Waals surface area contributed by atoms with E-state index >= 15 is 0 Å². The molecule has 144 valence electrons. The minimum absolute atomic E-state index is 0.498. The topological polar surface area (TPSA) is 47.7 Å². The maximum Gasteiger partial charge on any atom is 0.172 e. The van der Waals surface area contributed by atoms with Crippen molar-refractivity contribution < 1.29 is 9.47 Å². The highest BCUT2D eigenvalue weighted by atomic mass is 16.7. The van der Waals surface area contributed by atoms with Gasteiger partial charge in [0.15, 0.2) is 5.79 Å². The molecular formula is C23H30N2O2. The third-order valence-electron chi connectivity index (χ3n) is 5.88. The monoisotopic (exact) mass is 366 g/mol. The summed E-state index contributed by atoms with van der Waals surface area (Å²) >= 11 is 0. The first-order valence-electron chi connectivity index (χ1n) is 10.1. The number of para-hydroxylation sites is 1. The Kier molecular flexibility index (Phi) is 5.77. The number of piperidine rings is 1. The summed E-state index contributed by atoms with van der Waals surface area (Å²) in [4.78, 5) is 2.56. The number of nitrogens with two attached hydrogens (primary N) is 1. The first-order valence-corrected chi connectivity index (χ1v) is 10.1. The highest BCUT2D eigenvalue weighted by Crippen LogP contribution is 2.36. The molecule has 0 saturated carbocycles. The summed E-state index contributed by atoms with van der Waals surface area (Å²) in [6, 6.07) is 18.8. The Morgan fingerprint density at radius 1 is 0.926 bits per heavy atom. The van der Waals surface area contributed by atoms with E-state index in [1.807, 2.05) is 18.2 Å². The average molecular weight is 367 g/mol. The molecule has 0 amide bonds. The zero-order valence-corrected chi connectivity index (χ0v) is 16.0. The minimum atomic E-state index is -0.498.